The van der Waals surface area contributed by atoms with Crippen LogP contribution in [0.4, 0.5) is 11.5 Å². The van der Waals surface area contributed by atoms with Gasteiger partial charge in [-0.2, -0.15) is 0 Å². The molecule has 154 valence electrons. The Hall–Kier alpha value is -2.67. The van der Waals surface area contributed by atoms with Crippen LogP contribution in [0, 0.1) is 5.92 Å². The summed E-state index contributed by atoms with van der Waals surface area (Å²) in [6.45, 7) is 6.74. The minimum atomic E-state index is -0.981. The molecule has 1 aliphatic carbocycles. The molecule has 0 unspecified atom stereocenters. The number of nitrogens with one attached hydrogen (secondary N) is 1. The van der Waals surface area contributed by atoms with Gasteiger partial charge in [-0.1, -0.05) is 19.8 Å². The van der Waals surface area contributed by atoms with E-state index in [0.29, 0.717) is 22.4 Å². The molecule has 0 bridgehead atoms. The number of carbonyl (C=O) groups excluding carboxylic acids is 1. The second-order valence-corrected chi connectivity index (χ2v) is 7.96. The highest BCUT2D eigenvalue weighted by molar-refractivity contribution is 6.05. The molecule has 1 saturated carbocycles. The number of carbonyl (C=O) groups is 2. The number of nitrogens with zero attached hydrogens (tertiary/aromatic N) is 3. The molecule has 1 saturated heterocycles. The van der Waals surface area contributed by atoms with Crippen molar-refractivity contribution in [2.24, 2.45) is 5.92 Å². The molecule has 29 heavy (non-hydrogen) atoms. The zero-order valence-corrected chi connectivity index (χ0v) is 16.9. The molecule has 2 aliphatic rings. The molecule has 1 amide bonds. The molecule has 0 radical (unpaired) electrons. The average Bonchev–Trinajstić information content (AvgIpc) is 3.28. The lowest BCUT2D eigenvalue weighted by Crippen LogP contribution is -2.46. The van der Waals surface area contributed by atoms with E-state index in [1.54, 1.807) is 18.2 Å². The Morgan fingerprint density at radius 1 is 1.14 bits per heavy atom. The van der Waals surface area contributed by atoms with Gasteiger partial charge in [-0.3, -0.25) is 4.79 Å². The summed E-state index contributed by atoms with van der Waals surface area (Å²) >= 11 is 0. The summed E-state index contributed by atoms with van der Waals surface area (Å²) in [6, 6.07) is 7.01. The Labute approximate surface area is 170 Å². The SMILES string of the molecule is CCN1CCN(c2cc(C(=O)O)c3cc(NC(=O)C4CCCC4)ccc3n2)CC1. The minimum absolute atomic E-state index is 0.0251. The van der Waals surface area contributed by atoms with Gasteiger partial charge in [0.05, 0.1) is 11.1 Å². The third kappa shape index (κ3) is 4.19. The second kappa shape index (κ2) is 8.37. The fraction of sp³-hybridized carbons (Fsp3) is 0.500. The Morgan fingerprint density at radius 3 is 2.52 bits per heavy atom. The monoisotopic (exact) mass is 396 g/mol. The van der Waals surface area contributed by atoms with E-state index >= 15 is 0 Å². The van der Waals surface area contributed by atoms with Crippen molar-refractivity contribution in [2.45, 2.75) is 32.6 Å². The molecule has 1 aromatic heterocycles. The zero-order valence-electron chi connectivity index (χ0n) is 16.9. The molecule has 2 heterocycles. The highest BCUT2D eigenvalue weighted by Crippen LogP contribution is 2.29. The van der Waals surface area contributed by atoms with Crippen molar-refractivity contribution in [3.05, 3.63) is 29.8 Å². The number of carboxylic acids is 1. The van der Waals surface area contributed by atoms with E-state index in [2.05, 4.69) is 22.0 Å². The van der Waals surface area contributed by atoms with Crippen LogP contribution in [0.1, 0.15) is 43.0 Å². The number of rotatable bonds is 5. The van der Waals surface area contributed by atoms with Crippen molar-refractivity contribution in [1.82, 2.24) is 9.88 Å². The largest absolute Gasteiger partial charge is 0.478 e. The van der Waals surface area contributed by atoms with E-state index in [4.69, 9.17) is 4.98 Å². The first-order valence-electron chi connectivity index (χ1n) is 10.5. The van der Waals surface area contributed by atoms with Crippen molar-refractivity contribution >= 4 is 34.3 Å². The number of aromatic carboxylic acids is 1. The quantitative estimate of drug-likeness (QED) is 0.807. The second-order valence-electron chi connectivity index (χ2n) is 7.96. The lowest BCUT2D eigenvalue weighted by Gasteiger charge is -2.35. The van der Waals surface area contributed by atoms with E-state index in [9.17, 15) is 14.7 Å². The Bertz CT molecular complexity index is 916. The summed E-state index contributed by atoms with van der Waals surface area (Å²) in [7, 11) is 0. The van der Waals surface area contributed by atoms with Crippen molar-refractivity contribution in [3.63, 3.8) is 0 Å². The average molecular weight is 396 g/mol. The van der Waals surface area contributed by atoms with E-state index in [1.165, 1.54) is 0 Å². The topological polar surface area (TPSA) is 85.8 Å². The fourth-order valence-electron chi connectivity index (χ4n) is 4.35. The van der Waals surface area contributed by atoms with Gasteiger partial charge in [-0.05, 0) is 43.7 Å². The van der Waals surface area contributed by atoms with Gasteiger partial charge in [0.1, 0.15) is 5.82 Å². The lowest BCUT2D eigenvalue weighted by molar-refractivity contribution is -0.119. The fourth-order valence-corrected chi connectivity index (χ4v) is 4.35. The zero-order chi connectivity index (χ0) is 20.4. The van der Waals surface area contributed by atoms with Crippen LogP contribution >= 0.6 is 0 Å². The minimum Gasteiger partial charge on any atom is -0.478 e. The van der Waals surface area contributed by atoms with Gasteiger partial charge in [0.2, 0.25) is 5.91 Å². The number of likely N-dealkylation sites (N-methyl/N-ethyl adjacent to an activating group) is 1. The van der Waals surface area contributed by atoms with Crippen molar-refractivity contribution in [2.75, 3.05) is 42.9 Å². The molecule has 7 heteroatoms. The van der Waals surface area contributed by atoms with Gasteiger partial charge in [0.25, 0.3) is 0 Å². The van der Waals surface area contributed by atoms with Crippen LogP contribution in [0.15, 0.2) is 24.3 Å². The number of fused-ring (bicyclic) bond motifs is 1. The van der Waals surface area contributed by atoms with Gasteiger partial charge in [-0.25, -0.2) is 9.78 Å². The Balaban J connectivity index is 1.61. The number of anilines is 2. The summed E-state index contributed by atoms with van der Waals surface area (Å²) in [5.41, 5.74) is 1.49. The van der Waals surface area contributed by atoms with Gasteiger partial charge in [-0.15, -0.1) is 0 Å². The van der Waals surface area contributed by atoms with E-state index < -0.39 is 5.97 Å². The van der Waals surface area contributed by atoms with E-state index in [0.717, 1.165) is 58.4 Å². The predicted molar refractivity (Wildman–Crippen MR) is 114 cm³/mol. The third-order valence-corrected chi connectivity index (χ3v) is 6.16. The maximum absolute atomic E-state index is 12.4. The molecule has 0 spiro atoms. The molecule has 0 atom stereocenters. The Kier molecular flexibility index (Phi) is 5.67. The van der Waals surface area contributed by atoms with E-state index in [1.807, 2.05) is 6.07 Å². The van der Waals surface area contributed by atoms with Crippen LogP contribution in [0.25, 0.3) is 10.9 Å². The number of hydrogen-bond donors (Lipinski definition) is 2. The highest BCUT2D eigenvalue weighted by Gasteiger charge is 2.23. The van der Waals surface area contributed by atoms with Gasteiger partial charge >= 0.3 is 5.97 Å². The van der Waals surface area contributed by atoms with Crippen molar-refractivity contribution in [3.8, 4) is 0 Å². The van der Waals surface area contributed by atoms with Crippen LogP contribution in [-0.4, -0.2) is 59.6 Å². The summed E-state index contributed by atoms with van der Waals surface area (Å²) in [5.74, 6) is -0.192. The number of hydrogen-bond acceptors (Lipinski definition) is 5. The molecular formula is C22H28N4O3. The first-order chi connectivity index (χ1) is 14.0. The maximum atomic E-state index is 12.4. The first-order valence-corrected chi connectivity index (χ1v) is 10.5. The number of piperazine rings is 1. The summed E-state index contributed by atoms with van der Waals surface area (Å²) < 4.78 is 0. The first kappa shape index (κ1) is 19.6. The normalized spacial score (nSPS) is 18.3. The number of benzene rings is 1. The molecule has 7 nitrogen and oxygen atoms in total. The molecule has 1 aromatic carbocycles. The van der Waals surface area contributed by atoms with Crippen LogP contribution in [0.3, 0.4) is 0 Å². The number of pyridine rings is 1. The molecule has 2 aromatic rings. The summed E-state index contributed by atoms with van der Waals surface area (Å²) in [5, 5.41) is 13.3. The highest BCUT2D eigenvalue weighted by atomic mass is 16.4. The Morgan fingerprint density at radius 2 is 1.86 bits per heavy atom. The van der Waals surface area contributed by atoms with Gasteiger partial charge in [0, 0.05) is 43.2 Å². The number of aromatic nitrogens is 1. The molecule has 2 N–H and O–H groups in total. The summed E-state index contributed by atoms with van der Waals surface area (Å²) in [6.07, 6.45) is 4.04. The molecule has 2 fully saturated rings. The van der Waals surface area contributed by atoms with Crippen molar-refractivity contribution in [1.29, 1.82) is 0 Å². The smallest absolute Gasteiger partial charge is 0.336 e. The third-order valence-electron chi connectivity index (χ3n) is 6.16. The standard InChI is InChI=1S/C22H28N4O3/c1-2-25-9-11-26(12-10-25)20-14-18(22(28)29)17-13-16(7-8-19(17)24-20)23-21(27)15-5-3-4-6-15/h7-8,13-15H,2-6,9-12H2,1H3,(H,23,27)(H,28,29). The van der Waals surface area contributed by atoms with Crippen LogP contribution in [-0.2, 0) is 4.79 Å². The molecular weight excluding hydrogens is 368 g/mol. The molecule has 4 rings (SSSR count). The van der Waals surface area contributed by atoms with Gasteiger partial charge in [0.15, 0.2) is 0 Å². The molecule has 1 aliphatic heterocycles. The van der Waals surface area contributed by atoms with Crippen LogP contribution in [0.2, 0.25) is 0 Å². The van der Waals surface area contributed by atoms with Gasteiger partial charge < -0.3 is 20.2 Å². The predicted octanol–water partition coefficient (Wildman–Crippen LogP) is 3.20. The van der Waals surface area contributed by atoms with Crippen LogP contribution in [0.5, 0.6) is 0 Å². The van der Waals surface area contributed by atoms with Crippen molar-refractivity contribution < 1.29 is 14.7 Å². The number of amides is 1. The number of carboxylic acid groups (broad SMARTS) is 1. The maximum Gasteiger partial charge on any atom is 0.336 e. The summed E-state index contributed by atoms with van der Waals surface area (Å²) in [4.78, 5) is 33.6. The van der Waals surface area contributed by atoms with Crippen LogP contribution < -0.4 is 10.2 Å². The van der Waals surface area contributed by atoms with E-state index in [-0.39, 0.29) is 17.4 Å². The lowest BCUT2D eigenvalue weighted by atomic mass is 10.1.